The highest BCUT2D eigenvalue weighted by Gasteiger charge is 2.19. The van der Waals surface area contributed by atoms with Crippen LogP contribution in [0.3, 0.4) is 0 Å². The van der Waals surface area contributed by atoms with Crippen LogP contribution in [0.1, 0.15) is 31.4 Å². The zero-order valence-electron chi connectivity index (χ0n) is 11.3. The maximum atomic E-state index is 5.56. The lowest BCUT2D eigenvalue weighted by Gasteiger charge is -2.28. The summed E-state index contributed by atoms with van der Waals surface area (Å²) in [7, 11) is 2.17. The van der Waals surface area contributed by atoms with E-state index >= 15 is 0 Å². The van der Waals surface area contributed by atoms with Gasteiger partial charge in [0.1, 0.15) is 5.82 Å². The molecule has 1 aromatic rings. The molecule has 3 N–H and O–H groups in total. The van der Waals surface area contributed by atoms with Gasteiger partial charge < -0.3 is 16.0 Å². The molecular formula is C13H23N5. The molecule has 1 atom stereocenters. The summed E-state index contributed by atoms with van der Waals surface area (Å²) in [6.45, 7) is 4.93. The highest BCUT2D eigenvalue weighted by Crippen LogP contribution is 2.25. The molecule has 0 radical (unpaired) electrons. The molecular weight excluding hydrogens is 226 g/mol. The lowest BCUT2D eigenvalue weighted by molar-refractivity contribution is 0.253. The van der Waals surface area contributed by atoms with E-state index in [0.29, 0.717) is 12.5 Å². The first-order valence-electron chi connectivity index (χ1n) is 6.68. The van der Waals surface area contributed by atoms with Crippen LogP contribution < -0.4 is 11.1 Å². The molecule has 0 aromatic carbocycles. The minimum atomic E-state index is 0.230. The number of hydrogen-bond acceptors (Lipinski definition) is 5. The Bertz CT molecular complexity index is 356. The Kier molecular flexibility index (Phi) is 4.49. The Morgan fingerprint density at radius 3 is 2.67 bits per heavy atom. The molecule has 18 heavy (non-hydrogen) atoms. The Morgan fingerprint density at radius 1 is 1.39 bits per heavy atom. The molecule has 5 heteroatoms. The van der Waals surface area contributed by atoms with Gasteiger partial charge in [-0.15, -0.1) is 5.10 Å². The first kappa shape index (κ1) is 13.2. The van der Waals surface area contributed by atoms with Gasteiger partial charge in [0.05, 0.1) is 5.69 Å². The summed E-state index contributed by atoms with van der Waals surface area (Å²) in [5, 5.41) is 11.8. The molecule has 0 spiro atoms. The van der Waals surface area contributed by atoms with Gasteiger partial charge in [-0.05, 0) is 52.0 Å². The molecule has 0 saturated carbocycles. The monoisotopic (exact) mass is 249 g/mol. The number of piperidine rings is 1. The zero-order chi connectivity index (χ0) is 13.0. The second-order valence-electron chi connectivity index (χ2n) is 5.20. The average molecular weight is 249 g/mol. The molecule has 5 nitrogen and oxygen atoms in total. The molecule has 1 unspecified atom stereocenters. The summed E-state index contributed by atoms with van der Waals surface area (Å²) >= 11 is 0. The topological polar surface area (TPSA) is 67.1 Å². The Hall–Kier alpha value is -1.20. The third kappa shape index (κ3) is 3.40. The van der Waals surface area contributed by atoms with E-state index in [2.05, 4.69) is 33.5 Å². The molecule has 2 rings (SSSR count). The van der Waals surface area contributed by atoms with Crippen molar-refractivity contribution in [1.82, 2.24) is 15.1 Å². The van der Waals surface area contributed by atoms with Crippen molar-refractivity contribution >= 4 is 5.82 Å². The minimum absolute atomic E-state index is 0.230. The average Bonchev–Trinajstić information content (AvgIpc) is 2.40. The standard InChI is InChI=1S/C13H23N5/c1-10(9-14)15-13-4-3-12(16-17-13)11-5-7-18(2)8-6-11/h3-4,10-11H,5-9,14H2,1-2H3,(H,15,17). The van der Waals surface area contributed by atoms with Crippen LogP contribution in [0, 0.1) is 0 Å². The van der Waals surface area contributed by atoms with Crippen molar-refractivity contribution in [2.75, 3.05) is 32.0 Å². The SMILES string of the molecule is CC(CN)Nc1ccc(C2CCN(C)CC2)nn1. The van der Waals surface area contributed by atoms with E-state index < -0.39 is 0 Å². The van der Waals surface area contributed by atoms with Gasteiger partial charge in [-0.25, -0.2) is 0 Å². The molecule has 100 valence electrons. The number of aromatic nitrogens is 2. The van der Waals surface area contributed by atoms with Crippen LogP contribution in [-0.4, -0.2) is 47.8 Å². The predicted molar refractivity (Wildman–Crippen MR) is 73.6 cm³/mol. The van der Waals surface area contributed by atoms with E-state index in [1.807, 2.05) is 13.0 Å². The van der Waals surface area contributed by atoms with Crippen molar-refractivity contribution in [3.05, 3.63) is 17.8 Å². The molecule has 1 saturated heterocycles. The fraction of sp³-hybridized carbons (Fsp3) is 0.692. The molecule has 1 aliphatic heterocycles. The van der Waals surface area contributed by atoms with Gasteiger partial charge in [0.2, 0.25) is 0 Å². The predicted octanol–water partition coefficient (Wildman–Crippen LogP) is 1.04. The maximum absolute atomic E-state index is 5.56. The molecule has 0 amide bonds. The molecule has 0 aliphatic carbocycles. The fourth-order valence-electron chi connectivity index (χ4n) is 2.25. The number of hydrogen-bond donors (Lipinski definition) is 2. The van der Waals surface area contributed by atoms with Crippen LogP contribution in [0.15, 0.2) is 12.1 Å². The van der Waals surface area contributed by atoms with Crippen LogP contribution >= 0.6 is 0 Å². The number of anilines is 1. The van der Waals surface area contributed by atoms with Crippen molar-refractivity contribution in [3.8, 4) is 0 Å². The van der Waals surface area contributed by atoms with Gasteiger partial charge in [-0.2, -0.15) is 5.10 Å². The van der Waals surface area contributed by atoms with E-state index in [9.17, 15) is 0 Å². The highest BCUT2D eigenvalue weighted by atomic mass is 15.2. The fourth-order valence-corrected chi connectivity index (χ4v) is 2.25. The first-order chi connectivity index (χ1) is 8.69. The highest BCUT2D eigenvalue weighted by molar-refractivity contribution is 5.34. The van der Waals surface area contributed by atoms with Gasteiger partial charge in [0.25, 0.3) is 0 Å². The van der Waals surface area contributed by atoms with Crippen LogP contribution in [0.25, 0.3) is 0 Å². The summed E-state index contributed by atoms with van der Waals surface area (Å²) in [5.74, 6) is 1.37. The number of rotatable bonds is 4. The number of likely N-dealkylation sites (tertiary alicyclic amines) is 1. The second-order valence-corrected chi connectivity index (χ2v) is 5.20. The lowest BCUT2D eigenvalue weighted by atomic mass is 9.94. The van der Waals surface area contributed by atoms with Crippen molar-refractivity contribution in [3.63, 3.8) is 0 Å². The molecule has 1 aromatic heterocycles. The minimum Gasteiger partial charge on any atom is -0.365 e. The largest absolute Gasteiger partial charge is 0.365 e. The van der Waals surface area contributed by atoms with E-state index in [1.54, 1.807) is 0 Å². The molecule has 1 aliphatic rings. The van der Waals surface area contributed by atoms with Crippen molar-refractivity contribution in [2.24, 2.45) is 5.73 Å². The van der Waals surface area contributed by atoms with E-state index in [4.69, 9.17) is 5.73 Å². The summed E-state index contributed by atoms with van der Waals surface area (Å²) in [6.07, 6.45) is 2.36. The number of nitrogens with one attached hydrogen (secondary N) is 1. The van der Waals surface area contributed by atoms with E-state index in [1.165, 1.54) is 12.8 Å². The van der Waals surface area contributed by atoms with E-state index in [0.717, 1.165) is 24.6 Å². The second kappa shape index (κ2) is 6.11. The van der Waals surface area contributed by atoms with Gasteiger partial charge >= 0.3 is 0 Å². The van der Waals surface area contributed by atoms with Crippen LogP contribution in [0.2, 0.25) is 0 Å². The quantitative estimate of drug-likeness (QED) is 0.834. The molecule has 1 fully saturated rings. The zero-order valence-corrected chi connectivity index (χ0v) is 11.3. The van der Waals surface area contributed by atoms with Crippen molar-refractivity contribution in [1.29, 1.82) is 0 Å². The van der Waals surface area contributed by atoms with Gasteiger partial charge in [0.15, 0.2) is 0 Å². The molecule has 2 heterocycles. The Balaban J connectivity index is 1.95. The van der Waals surface area contributed by atoms with Gasteiger partial charge in [-0.3, -0.25) is 0 Å². The van der Waals surface area contributed by atoms with Crippen LogP contribution in [0.4, 0.5) is 5.82 Å². The smallest absolute Gasteiger partial charge is 0.148 e. The van der Waals surface area contributed by atoms with Crippen molar-refractivity contribution < 1.29 is 0 Å². The Labute approximate surface area is 109 Å². The first-order valence-corrected chi connectivity index (χ1v) is 6.68. The summed E-state index contributed by atoms with van der Waals surface area (Å²) in [4.78, 5) is 2.36. The van der Waals surface area contributed by atoms with Crippen LogP contribution in [-0.2, 0) is 0 Å². The number of nitrogens with zero attached hydrogens (tertiary/aromatic N) is 3. The maximum Gasteiger partial charge on any atom is 0.148 e. The summed E-state index contributed by atoms with van der Waals surface area (Å²) in [6, 6.07) is 4.33. The van der Waals surface area contributed by atoms with Gasteiger partial charge in [-0.1, -0.05) is 0 Å². The van der Waals surface area contributed by atoms with Crippen LogP contribution in [0.5, 0.6) is 0 Å². The number of nitrogens with two attached hydrogens (primary N) is 1. The third-order valence-electron chi connectivity index (χ3n) is 3.57. The summed E-state index contributed by atoms with van der Waals surface area (Å²) in [5.41, 5.74) is 6.68. The third-order valence-corrected chi connectivity index (χ3v) is 3.57. The Morgan fingerprint density at radius 2 is 2.11 bits per heavy atom. The van der Waals surface area contributed by atoms with Crippen molar-refractivity contribution in [2.45, 2.75) is 31.7 Å². The summed E-state index contributed by atoms with van der Waals surface area (Å²) < 4.78 is 0. The van der Waals surface area contributed by atoms with Gasteiger partial charge in [0, 0.05) is 18.5 Å². The lowest BCUT2D eigenvalue weighted by Crippen LogP contribution is -2.29. The van der Waals surface area contributed by atoms with E-state index in [-0.39, 0.29) is 6.04 Å². The molecule has 0 bridgehead atoms. The normalized spacial score (nSPS) is 19.7.